The minimum absolute atomic E-state index is 0.0693. The minimum Gasteiger partial charge on any atom is -0.144 e. The van der Waals surface area contributed by atoms with E-state index in [0.717, 1.165) is 6.42 Å². The quantitative estimate of drug-likeness (QED) is 0.432. The summed E-state index contributed by atoms with van der Waals surface area (Å²) in [6, 6.07) is 13.7. The summed E-state index contributed by atoms with van der Waals surface area (Å²) < 4.78 is 1.42. The van der Waals surface area contributed by atoms with Crippen LogP contribution in [-0.4, -0.2) is 0 Å². The molecule has 0 bridgehead atoms. The van der Waals surface area contributed by atoms with E-state index >= 15 is 0 Å². The Morgan fingerprint density at radius 2 is 1.81 bits per heavy atom. The van der Waals surface area contributed by atoms with Gasteiger partial charge in [-0.25, -0.2) is 0 Å². The third-order valence-electron chi connectivity index (χ3n) is 6.80. The standard InChI is InChI=1S/C26H26S/c1-15-12-18-8-6-7-9-20(18)24(15)26(4,5)25-16(2)13-21-17(3)19-10-11-27-23(19)14-22(21)25/h6-12,14,24H,13H2,1-5H3. The fourth-order valence-electron chi connectivity index (χ4n) is 5.84. The molecule has 1 heterocycles. The lowest BCUT2D eigenvalue weighted by atomic mass is 9.66. The molecule has 0 aliphatic heterocycles. The van der Waals surface area contributed by atoms with E-state index in [9.17, 15) is 0 Å². The maximum Gasteiger partial charge on any atom is 0.0351 e. The maximum atomic E-state index is 2.47. The highest BCUT2D eigenvalue weighted by Crippen LogP contribution is 2.57. The van der Waals surface area contributed by atoms with Crippen molar-refractivity contribution in [3.05, 3.63) is 80.7 Å². The zero-order valence-corrected chi connectivity index (χ0v) is 17.6. The summed E-state index contributed by atoms with van der Waals surface area (Å²) in [5.74, 6) is 0.448. The molecule has 0 radical (unpaired) electrons. The van der Waals surface area contributed by atoms with Crippen molar-refractivity contribution >= 4 is 33.1 Å². The molecule has 5 rings (SSSR count). The van der Waals surface area contributed by atoms with Gasteiger partial charge >= 0.3 is 0 Å². The number of fused-ring (bicyclic) bond motifs is 3. The van der Waals surface area contributed by atoms with Gasteiger partial charge in [-0.3, -0.25) is 0 Å². The Morgan fingerprint density at radius 3 is 2.63 bits per heavy atom. The monoisotopic (exact) mass is 370 g/mol. The highest BCUT2D eigenvalue weighted by atomic mass is 32.1. The van der Waals surface area contributed by atoms with Gasteiger partial charge in [-0.1, -0.05) is 55.3 Å². The Balaban J connectivity index is 1.71. The molecule has 1 atom stereocenters. The summed E-state index contributed by atoms with van der Waals surface area (Å²) in [5.41, 5.74) is 12.1. The smallest absolute Gasteiger partial charge is 0.0351 e. The third kappa shape index (κ3) is 2.28. The van der Waals surface area contributed by atoms with Gasteiger partial charge < -0.3 is 0 Å². The molecule has 27 heavy (non-hydrogen) atoms. The fraction of sp³-hybridized carbons (Fsp3) is 0.308. The molecular formula is C26H26S. The molecule has 1 aromatic heterocycles. The van der Waals surface area contributed by atoms with E-state index in [4.69, 9.17) is 0 Å². The zero-order valence-electron chi connectivity index (χ0n) is 16.8. The number of thiophene rings is 1. The van der Waals surface area contributed by atoms with E-state index in [1.54, 1.807) is 16.7 Å². The van der Waals surface area contributed by atoms with E-state index in [-0.39, 0.29) is 5.41 Å². The normalized spacial score (nSPS) is 18.9. The zero-order chi connectivity index (χ0) is 18.9. The molecule has 0 saturated heterocycles. The van der Waals surface area contributed by atoms with Crippen LogP contribution in [0.3, 0.4) is 0 Å². The predicted molar refractivity (Wildman–Crippen MR) is 119 cm³/mol. The highest BCUT2D eigenvalue weighted by molar-refractivity contribution is 7.17. The summed E-state index contributed by atoms with van der Waals surface area (Å²) in [6.07, 6.45) is 3.49. The Labute approximate surface area is 166 Å². The topological polar surface area (TPSA) is 0 Å². The first-order chi connectivity index (χ1) is 12.9. The van der Waals surface area contributed by atoms with Gasteiger partial charge in [0.15, 0.2) is 0 Å². The lowest BCUT2D eigenvalue weighted by Gasteiger charge is -2.37. The number of aryl methyl sites for hydroxylation is 1. The second-order valence-electron chi connectivity index (χ2n) is 8.86. The van der Waals surface area contributed by atoms with Crippen molar-refractivity contribution in [1.29, 1.82) is 0 Å². The van der Waals surface area contributed by atoms with Crippen LogP contribution in [0.4, 0.5) is 0 Å². The van der Waals surface area contributed by atoms with Crippen molar-refractivity contribution in [3.63, 3.8) is 0 Å². The molecule has 0 saturated carbocycles. The number of hydrogen-bond donors (Lipinski definition) is 0. The first-order valence-electron chi connectivity index (χ1n) is 9.87. The minimum atomic E-state index is 0.0693. The van der Waals surface area contributed by atoms with Crippen molar-refractivity contribution in [1.82, 2.24) is 0 Å². The average Bonchev–Trinajstić information content (AvgIpc) is 3.29. The van der Waals surface area contributed by atoms with Gasteiger partial charge in [-0.05, 0) is 83.5 Å². The molecule has 2 aromatic carbocycles. The van der Waals surface area contributed by atoms with Gasteiger partial charge in [0, 0.05) is 16.0 Å². The van der Waals surface area contributed by atoms with Crippen LogP contribution >= 0.6 is 11.3 Å². The molecular weight excluding hydrogens is 344 g/mol. The molecule has 2 aliphatic carbocycles. The van der Waals surface area contributed by atoms with Crippen molar-refractivity contribution in [2.45, 2.75) is 47.0 Å². The average molecular weight is 371 g/mol. The van der Waals surface area contributed by atoms with Crippen LogP contribution in [0.15, 0.2) is 52.9 Å². The Morgan fingerprint density at radius 1 is 1.04 bits per heavy atom. The first kappa shape index (κ1) is 17.0. The summed E-state index contributed by atoms with van der Waals surface area (Å²) in [4.78, 5) is 0. The van der Waals surface area contributed by atoms with Crippen LogP contribution in [0.25, 0.3) is 21.7 Å². The van der Waals surface area contributed by atoms with Crippen LogP contribution in [0, 0.1) is 12.3 Å². The van der Waals surface area contributed by atoms with Gasteiger partial charge in [0.05, 0.1) is 0 Å². The Hall–Kier alpha value is -2.12. The van der Waals surface area contributed by atoms with E-state index in [0.29, 0.717) is 5.92 Å². The van der Waals surface area contributed by atoms with E-state index in [1.165, 1.54) is 37.9 Å². The Bertz CT molecular complexity index is 1150. The first-order valence-corrected chi connectivity index (χ1v) is 10.7. The molecule has 3 aromatic rings. The summed E-state index contributed by atoms with van der Waals surface area (Å²) in [7, 11) is 0. The molecule has 1 unspecified atom stereocenters. The lowest BCUT2D eigenvalue weighted by Crippen LogP contribution is -2.24. The number of hydrogen-bond acceptors (Lipinski definition) is 1. The SMILES string of the molecule is CC1=Cc2ccccc2C1C(C)(C)C1=C(C)Cc2c1cc1sccc1c2C. The largest absolute Gasteiger partial charge is 0.144 e. The number of rotatable bonds is 2. The van der Waals surface area contributed by atoms with Crippen LogP contribution in [0.5, 0.6) is 0 Å². The number of benzene rings is 2. The second-order valence-corrected chi connectivity index (χ2v) is 9.81. The van der Waals surface area contributed by atoms with Crippen LogP contribution in [-0.2, 0) is 6.42 Å². The van der Waals surface area contributed by atoms with Gasteiger partial charge in [-0.15, -0.1) is 11.3 Å². The van der Waals surface area contributed by atoms with Gasteiger partial charge in [-0.2, -0.15) is 0 Å². The van der Waals surface area contributed by atoms with Crippen molar-refractivity contribution in [2.75, 3.05) is 0 Å². The highest BCUT2D eigenvalue weighted by Gasteiger charge is 2.42. The van der Waals surface area contributed by atoms with Crippen molar-refractivity contribution < 1.29 is 0 Å². The molecule has 0 N–H and O–H groups in total. The van der Waals surface area contributed by atoms with E-state index in [1.807, 2.05) is 11.3 Å². The summed E-state index contributed by atoms with van der Waals surface area (Å²) >= 11 is 1.87. The third-order valence-corrected chi connectivity index (χ3v) is 7.67. The van der Waals surface area contributed by atoms with Crippen molar-refractivity contribution in [2.24, 2.45) is 5.41 Å². The Kier molecular flexibility index (Phi) is 3.58. The molecule has 0 amide bonds. The van der Waals surface area contributed by atoms with Gasteiger partial charge in [0.25, 0.3) is 0 Å². The number of allylic oxidation sites excluding steroid dienone is 3. The molecule has 0 spiro atoms. The maximum absolute atomic E-state index is 2.47. The molecule has 2 aliphatic rings. The molecule has 0 nitrogen and oxygen atoms in total. The van der Waals surface area contributed by atoms with Crippen molar-refractivity contribution in [3.8, 4) is 0 Å². The fourth-order valence-corrected chi connectivity index (χ4v) is 6.72. The van der Waals surface area contributed by atoms with Gasteiger partial charge in [0.1, 0.15) is 0 Å². The second kappa shape index (κ2) is 5.69. The lowest BCUT2D eigenvalue weighted by molar-refractivity contribution is 0.434. The molecule has 136 valence electrons. The van der Waals surface area contributed by atoms with E-state index < -0.39 is 0 Å². The molecule has 0 fully saturated rings. The summed E-state index contributed by atoms with van der Waals surface area (Å²) in [6.45, 7) is 11.9. The van der Waals surface area contributed by atoms with Crippen LogP contribution in [0.1, 0.15) is 61.4 Å². The predicted octanol–water partition coefficient (Wildman–Crippen LogP) is 7.77. The van der Waals surface area contributed by atoms with Crippen LogP contribution in [0.2, 0.25) is 0 Å². The van der Waals surface area contributed by atoms with E-state index in [2.05, 4.69) is 82.5 Å². The molecule has 1 heteroatoms. The summed E-state index contributed by atoms with van der Waals surface area (Å²) in [5, 5.41) is 3.67. The van der Waals surface area contributed by atoms with Crippen LogP contribution < -0.4 is 0 Å². The van der Waals surface area contributed by atoms with Gasteiger partial charge in [0.2, 0.25) is 0 Å².